The van der Waals surface area contributed by atoms with E-state index in [1.54, 1.807) is 12.1 Å². The minimum atomic E-state index is -3.62. The fourth-order valence-electron chi connectivity index (χ4n) is 1.03. The van der Waals surface area contributed by atoms with Crippen LogP contribution in [-0.2, 0) is 10.0 Å². The van der Waals surface area contributed by atoms with Gasteiger partial charge in [-0.25, -0.2) is 13.6 Å². The summed E-state index contributed by atoms with van der Waals surface area (Å²) in [5.74, 6) is 0.616. The van der Waals surface area contributed by atoms with Gasteiger partial charge in [0.1, 0.15) is 12.4 Å². The van der Waals surface area contributed by atoms with E-state index < -0.39 is 10.0 Å². The Kier molecular flexibility index (Phi) is 4.09. The average molecular weight is 241 g/mol. The van der Waals surface area contributed by atoms with E-state index in [4.69, 9.17) is 9.88 Å². The van der Waals surface area contributed by atoms with E-state index >= 15 is 0 Å². The SMILES string of the molecule is CC(C)=CCOc1ccc(S(N)(=O)=O)cc1. The number of sulfonamides is 1. The maximum absolute atomic E-state index is 11.0. The number of hydrogen-bond acceptors (Lipinski definition) is 3. The highest BCUT2D eigenvalue weighted by molar-refractivity contribution is 7.89. The van der Waals surface area contributed by atoms with Crippen LogP contribution in [0.25, 0.3) is 0 Å². The van der Waals surface area contributed by atoms with Crippen LogP contribution in [0.4, 0.5) is 0 Å². The van der Waals surface area contributed by atoms with Gasteiger partial charge in [0.2, 0.25) is 10.0 Å². The van der Waals surface area contributed by atoms with Crippen LogP contribution in [0.3, 0.4) is 0 Å². The number of ether oxygens (including phenoxy) is 1. The molecule has 0 radical (unpaired) electrons. The number of rotatable bonds is 4. The standard InChI is InChI=1S/C11H15NO3S/c1-9(2)7-8-15-10-3-5-11(6-4-10)16(12,13)14/h3-7H,8H2,1-2H3,(H2,12,13,14). The Morgan fingerprint density at radius 2 is 1.88 bits per heavy atom. The summed E-state index contributed by atoms with van der Waals surface area (Å²) in [6, 6.07) is 6.01. The molecular formula is C11H15NO3S. The van der Waals surface area contributed by atoms with Crippen molar-refractivity contribution in [3.8, 4) is 5.75 Å². The second-order valence-electron chi connectivity index (χ2n) is 3.61. The van der Waals surface area contributed by atoms with E-state index in [1.807, 2.05) is 19.9 Å². The topological polar surface area (TPSA) is 69.4 Å². The van der Waals surface area contributed by atoms with Crippen molar-refractivity contribution < 1.29 is 13.2 Å². The largest absolute Gasteiger partial charge is 0.490 e. The minimum Gasteiger partial charge on any atom is -0.490 e. The Morgan fingerprint density at radius 3 is 2.31 bits per heavy atom. The molecule has 0 aliphatic rings. The summed E-state index contributed by atoms with van der Waals surface area (Å²) in [6.07, 6.45) is 1.94. The van der Waals surface area contributed by atoms with E-state index in [0.29, 0.717) is 12.4 Å². The zero-order valence-electron chi connectivity index (χ0n) is 9.30. The summed E-state index contributed by atoms with van der Waals surface area (Å²) in [7, 11) is -3.62. The molecule has 0 bridgehead atoms. The van der Waals surface area contributed by atoms with Crippen molar-refractivity contribution in [3.63, 3.8) is 0 Å². The van der Waals surface area contributed by atoms with Crippen LogP contribution in [0.15, 0.2) is 40.8 Å². The molecule has 0 aliphatic heterocycles. The van der Waals surface area contributed by atoms with Crippen molar-refractivity contribution in [2.24, 2.45) is 5.14 Å². The summed E-state index contributed by atoms with van der Waals surface area (Å²) >= 11 is 0. The molecule has 0 spiro atoms. The molecule has 2 N–H and O–H groups in total. The molecule has 5 heteroatoms. The monoisotopic (exact) mass is 241 g/mol. The van der Waals surface area contributed by atoms with Crippen molar-refractivity contribution in [2.75, 3.05) is 6.61 Å². The fraction of sp³-hybridized carbons (Fsp3) is 0.273. The molecule has 0 heterocycles. The summed E-state index contributed by atoms with van der Waals surface area (Å²) < 4.78 is 27.3. The number of hydrogen-bond donors (Lipinski definition) is 1. The van der Waals surface area contributed by atoms with Gasteiger partial charge >= 0.3 is 0 Å². The van der Waals surface area contributed by atoms with Crippen LogP contribution in [0.2, 0.25) is 0 Å². The van der Waals surface area contributed by atoms with Gasteiger partial charge in [-0.2, -0.15) is 0 Å². The van der Waals surface area contributed by atoms with Gasteiger partial charge in [0.25, 0.3) is 0 Å². The van der Waals surface area contributed by atoms with Gasteiger partial charge in [0.05, 0.1) is 4.90 Å². The molecule has 1 rings (SSSR count). The third-order valence-corrected chi connectivity index (χ3v) is 2.82. The smallest absolute Gasteiger partial charge is 0.238 e. The van der Waals surface area contributed by atoms with Crippen molar-refractivity contribution in [3.05, 3.63) is 35.9 Å². The van der Waals surface area contributed by atoms with Gasteiger partial charge in [0, 0.05) is 0 Å². The van der Waals surface area contributed by atoms with Crippen molar-refractivity contribution >= 4 is 10.0 Å². The molecular weight excluding hydrogens is 226 g/mol. The van der Waals surface area contributed by atoms with Crippen molar-refractivity contribution in [2.45, 2.75) is 18.7 Å². The summed E-state index contributed by atoms with van der Waals surface area (Å²) in [4.78, 5) is 0.0852. The van der Waals surface area contributed by atoms with Gasteiger partial charge in [-0.15, -0.1) is 0 Å². The van der Waals surface area contributed by atoms with E-state index in [0.717, 1.165) is 0 Å². The molecule has 0 fully saturated rings. The third kappa shape index (κ3) is 4.04. The lowest BCUT2D eigenvalue weighted by molar-refractivity contribution is 0.361. The van der Waals surface area contributed by atoms with Crippen LogP contribution < -0.4 is 9.88 Å². The number of primary sulfonamides is 1. The van der Waals surface area contributed by atoms with Crippen LogP contribution in [0.1, 0.15) is 13.8 Å². The Morgan fingerprint density at radius 1 is 1.31 bits per heavy atom. The zero-order valence-corrected chi connectivity index (χ0v) is 10.1. The van der Waals surface area contributed by atoms with Crippen molar-refractivity contribution in [1.82, 2.24) is 0 Å². The second kappa shape index (κ2) is 5.14. The van der Waals surface area contributed by atoms with Crippen LogP contribution >= 0.6 is 0 Å². The molecule has 0 atom stereocenters. The maximum atomic E-state index is 11.0. The fourth-order valence-corrected chi connectivity index (χ4v) is 1.55. The van der Waals surface area contributed by atoms with Crippen LogP contribution in [-0.4, -0.2) is 15.0 Å². The van der Waals surface area contributed by atoms with Gasteiger partial charge < -0.3 is 4.74 Å². The first-order chi connectivity index (χ1) is 7.39. The quantitative estimate of drug-likeness (QED) is 0.815. The highest BCUT2D eigenvalue weighted by atomic mass is 32.2. The first-order valence-electron chi connectivity index (χ1n) is 4.78. The van der Waals surface area contributed by atoms with E-state index in [-0.39, 0.29) is 4.90 Å². The highest BCUT2D eigenvalue weighted by Crippen LogP contribution is 2.14. The Balaban J connectivity index is 2.69. The lowest BCUT2D eigenvalue weighted by Gasteiger charge is -2.04. The lowest BCUT2D eigenvalue weighted by atomic mass is 10.3. The first kappa shape index (κ1) is 12.7. The predicted octanol–water partition coefficient (Wildman–Crippen LogP) is 1.68. The minimum absolute atomic E-state index is 0.0852. The molecule has 0 aromatic heterocycles. The molecule has 16 heavy (non-hydrogen) atoms. The highest BCUT2D eigenvalue weighted by Gasteiger charge is 2.06. The lowest BCUT2D eigenvalue weighted by Crippen LogP contribution is -2.11. The normalized spacial score (nSPS) is 10.9. The summed E-state index contributed by atoms with van der Waals surface area (Å²) in [6.45, 7) is 4.43. The van der Waals surface area contributed by atoms with Crippen LogP contribution in [0, 0.1) is 0 Å². The van der Waals surface area contributed by atoms with Crippen LogP contribution in [0.5, 0.6) is 5.75 Å². The molecule has 0 saturated carbocycles. The molecule has 0 unspecified atom stereocenters. The summed E-state index contributed by atoms with van der Waals surface area (Å²) in [5.41, 5.74) is 1.17. The van der Waals surface area contributed by atoms with E-state index in [2.05, 4.69) is 0 Å². The molecule has 1 aromatic carbocycles. The molecule has 0 saturated heterocycles. The molecule has 4 nitrogen and oxygen atoms in total. The summed E-state index contributed by atoms with van der Waals surface area (Å²) in [5, 5.41) is 4.97. The zero-order chi connectivity index (χ0) is 12.2. The van der Waals surface area contributed by atoms with Gasteiger partial charge in [-0.05, 0) is 44.2 Å². The Hall–Kier alpha value is -1.33. The average Bonchev–Trinajstić information content (AvgIpc) is 2.16. The third-order valence-electron chi connectivity index (χ3n) is 1.89. The Bertz CT molecular complexity index is 470. The molecule has 0 aliphatic carbocycles. The molecule has 1 aromatic rings. The maximum Gasteiger partial charge on any atom is 0.238 e. The molecule has 88 valence electrons. The number of benzene rings is 1. The first-order valence-corrected chi connectivity index (χ1v) is 6.33. The van der Waals surface area contributed by atoms with E-state index in [9.17, 15) is 8.42 Å². The predicted molar refractivity (Wildman–Crippen MR) is 62.7 cm³/mol. The van der Waals surface area contributed by atoms with Gasteiger partial charge in [-0.3, -0.25) is 0 Å². The number of allylic oxidation sites excluding steroid dienone is 1. The van der Waals surface area contributed by atoms with Gasteiger partial charge in [0.15, 0.2) is 0 Å². The Labute approximate surface area is 95.8 Å². The number of nitrogens with two attached hydrogens (primary N) is 1. The van der Waals surface area contributed by atoms with Gasteiger partial charge in [-0.1, -0.05) is 5.57 Å². The second-order valence-corrected chi connectivity index (χ2v) is 5.17. The molecule has 0 amide bonds. The van der Waals surface area contributed by atoms with E-state index in [1.165, 1.54) is 17.7 Å². The van der Waals surface area contributed by atoms with Crippen molar-refractivity contribution in [1.29, 1.82) is 0 Å².